The molecule has 1 nitrogen and oxygen atoms in total. The second-order valence-corrected chi connectivity index (χ2v) is 4.76. The van der Waals surface area contributed by atoms with E-state index in [4.69, 9.17) is 0 Å². The Hall–Kier alpha value is 0.310. The maximum absolute atomic E-state index is 3.47. The molecule has 1 N–H and O–H groups in total. The van der Waals surface area contributed by atoms with E-state index >= 15 is 0 Å². The normalized spacial score (nSPS) is 26.5. The van der Waals surface area contributed by atoms with Gasteiger partial charge in [0.05, 0.1) is 0 Å². The van der Waals surface area contributed by atoms with Crippen molar-refractivity contribution < 1.29 is 0 Å². The van der Waals surface area contributed by atoms with E-state index in [1.54, 1.807) is 0 Å². The summed E-state index contributed by atoms with van der Waals surface area (Å²) in [4.78, 5) is 0. The standard InChI is InChI=1S/C8H15NS.C2H6/c1-4-9-7-8(1)2-5-10-6-3-8;1-2/h9H,1-7H2;1-2H3. The summed E-state index contributed by atoms with van der Waals surface area (Å²) in [6.45, 7) is 6.57. The first-order chi connectivity index (χ1) is 5.91. The van der Waals surface area contributed by atoms with Crippen molar-refractivity contribution in [1.29, 1.82) is 0 Å². The lowest BCUT2D eigenvalue weighted by Gasteiger charge is -2.31. The largest absolute Gasteiger partial charge is 0.316 e. The van der Waals surface area contributed by atoms with Crippen molar-refractivity contribution in [3.8, 4) is 0 Å². The van der Waals surface area contributed by atoms with Gasteiger partial charge in [-0.25, -0.2) is 0 Å². The Morgan fingerprint density at radius 2 is 1.75 bits per heavy atom. The van der Waals surface area contributed by atoms with Crippen LogP contribution in [-0.2, 0) is 0 Å². The molecule has 12 heavy (non-hydrogen) atoms. The lowest BCUT2D eigenvalue weighted by Crippen LogP contribution is -2.28. The smallest absolute Gasteiger partial charge is 0.000888 e. The maximum Gasteiger partial charge on any atom is 0.000888 e. The van der Waals surface area contributed by atoms with Gasteiger partial charge in [-0.05, 0) is 42.7 Å². The summed E-state index contributed by atoms with van der Waals surface area (Å²) in [6, 6.07) is 0. The van der Waals surface area contributed by atoms with Gasteiger partial charge in [0.15, 0.2) is 0 Å². The van der Waals surface area contributed by atoms with Crippen molar-refractivity contribution >= 4 is 11.8 Å². The maximum atomic E-state index is 3.47. The predicted molar refractivity (Wildman–Crippen MR) is 57.8 cm³/mol. The van der Waals surface area contributed by atoms with Crippen molar-refractivity contribution in [2.24, 2.45) is 5.41 Å². The van der Waals surface area contributed by atoms with E-state index in [2.05, 4.69) is 17.1 Å². The van der Waals surface area contributed by atoms with Gasteiger partial charge in [0, 0.05) is 6.54 Å². The van der Waals surface area contributed by atoms with Crippen LogP contribution in [0.1, 0.15) is 33.1 Å². The summed E-state index contributed by atoms with van der Waals surface area (Å²) < 4.78 is 0. The molecule has 0 saturated carbocycles. The number of nitrogens with one attached hydrogen (secondary N) is 1. The highest BCUT2D eigenvalue weighted by Gasteiger charge is 2.34. The summed E-state index contributed by atoms with van der Waals surface area (Å²) in [5, 5.41) is 3.47. The SMILES string of the molecule is C1CC2(CCSCC2)CN1.CC. The van der Waals surface area contributed by atoms with E-state index in [1.807, 2.05) is 13.8 Å². The monoisotopic (exact) mass is 187 g/mol. The van der Waals surface area contributed by atoms with Crippen LogP contribution in [0.4, 0.5) is 0 Å². The number of hydrogen-bond acceptors (Lipinski definition) is 2. The minimum Gasteiger partial charge on any atom is -0.316 e. The first-order valence-electron chi connectivity index (χ1n) is 5.20. The van der Waals surface area contributed by atoms with Crippen LogP contribution in [0.5, 0.6) is 0 Å². The van der Waals surface area contributed by atoms with Gasteiger partial charge < -0.3 is 5.32 Å². The minimum atomic E-state index is 0.741. The average Bonchev–Trinajstić information content (AvgIpc) is 2.58. The van der Waals surface area contributed by atoms with Crippen LogP contribution in [0.25, 0.3) is 0 Å². The molecule has 2 fully saturated rings. The van der Waals surface area contributed by atoms with Gasteiger partial charge in [-0.2, -0.15) is 11.8 Å². The third-order valence-electron chi connectivity index (χ3n) is 2.89. The molecule has 0 atom stereocenters. The van der Waals surface area contributed by atoms with E-state index in [1.165, 1.54) is 43.9 Å². The van der Waals surface area contributed by atoms with Gasteiger partial charge >= 0.3 is 0 Å². The lowest BCUT2D eigenvalue weighted by atomic mass is 9.81. The molecule has 0 bridgehead atoms. The van der Waals surface area contributed by atoms with Crippen LogP contribution in [0.15, 0.2) is 0 Å². The summed E-state index contributed by atoms with van der Waals surface area (Å²) in [5.74, 6) is 2.81. The molecule has 2 heterocycles. The zero-order valence-electron chi connectivity index (χ0n) is 8.36. The molecule has 2 saturated heterocycles. The van der Waals surface area contributed by atoms with E-state index in [0.29, 0.717) is 0 Å². The Kier molecular flexibility index (Phi) is 4.44. The third-order valence-corrected chi connectivity index (χ3v) is 3.87. The van der Waals surface area contributed by atoms with E-state index in [9.17, 15) is 0 Å². The summed E-state index contributed by atoms with van der Waals surface area (Å²) >= 11 is 2.13. The molecule has 2 aliphatic rings. The van der Waals surface area contributed by atoms with Crippen LogP contribution in [-0.4, -0.2) is 24.6 Å². The fourth-order valence-corrected chi connectivity index (χ4v) is 3.39. The van der Waals surface area contributed by atoms with E-state index < -0.39 is 0 Å². The Balaban J connectivity index is 0.000000336. The fraction of sp³-hybridized carbons (Fsp3) is 1.00. The average molecular weight is 187 g/mol. The molecule has 0 aromatic heterocycles. The highest BCUT2D eigenvalue weighted by Crippen LogP contribution is 2.39. The van der Waals surface area contributed by atoms with Crippen molar-refractivity contribution in [1.82, 2.24) is 5.32 Å². The predicted octanol–water partition coefficient (Wildman–Crippen LogP) is 2.52. The van der Waals surface area contributed by atoms with Crippen molar-refractivity contribution in [2.45, 2.75) is 33.1 Å². The van der Waals surface area contributed by atoms with Gasteiger partial charge in [-0.3, -0.25) is 0 Å². The molecule has 2 rings (SSSR count). The zero-order chi connectivity index (χ0) is 8.86. The van der Waals surface area contributed by atoms with Crippen molar-refractivity contribution in [2.75, 3.05) is 24.6 Å². The first kappa shape index (κ1) is 10.4. The molecular formula is C10H21NS. The topological polar surface area (TPSA) is 12.0 Å². The zero-order valence-corrected chi connectivity index (χ0v) is 9.17. The van der Waals surface area contributed by atoms with Crippen LogP contribution in [0.2, 0.25) is 0 Å². The number of thioether (sulfide) groups is 1. The van der Waals surface area contributed by atoms with Crippen molar-refractivity contribution in [3.63, 3.8) is 0 Å². The molecular weight excluding hydrogens is 166 g/mol. The van der Waals surface area contributed by atoms with Crippen molar-refractivity contribution in [3.05, 3.63) is 0 Å². The molecule has 0 unspecified atom stereocenters. The molecule has 2 heteroatoms. The first-order valence-corrected chi connectivity index (χ1v) is 6.35. The van der Waals surface area contributed by atoms with Crippen LogP contribution in [0.3, 0.4) is 0 Å². The molecule has 0 aromatic carbocycles. The van der Waals surface area contributed by atoms with Gasteiger partial charge in [0.2, 0.25) is 0 Å². The molecule has 0 aromatic rings. The van der Waals surface area contributed by atoms with E-state index in [0.717, 1.165) is 5.41 Å². The molecule has 72 valence electrons. The molecule has 2 aliphatic heterocycles. The molecule has 0 aliphatic carbocycles. The molecule has 1 spiro atoms. The summed E-state index contributed by atoms with van der Waals surface area (Å²) in [7, 11) is 0. The van der Waals surface area contributed by atoms with Crippen LogP contribution < -0.4 is 5.32 Å². The van der Waals surface area contributed by atoms with Gasteiger partial charge in [0.25, 0.3) is 0 Å². The van der Waals surface area contributed by atoms with Gasteiger partial charge in [-0.15, -0.1) is 0 Å². The molecule has 0 radical (unpaired) electrons. The second-order valence-electron chi connectivity index (χ2n) is 3.54. The Bertz CT molecular complexity index is 111. The van der Waals surface area contributed by atoms with Crippen LogP contribution >= 0.6 is 11.8 Å². The number of rotatable bonds is 0. The fourth-order valence-electron chi connectivity index (χ4n) is 2.03. The highest BCUT2D eigenvalue weighted by molar-refractivity contribution is 7.99. The Labute approximate surface area is 80.7 Å². The second kappa shape index (κ2) is 5.13. The van der Waals surface area contributed by atoms with Gasteiger partial charge in [0.1, 0.15) is 0 Å². The third kappa shape index (κ3) is 2.40. The Morgan fingerprint density at radius 3 is 2.25 bits per heavy atom. The summed E-state index contributed by atoms with van der Waals surface area (Å²) in [6.07, 6.45) is 4.36. The van der Waals surface area contributed by atoms with E-state index in [-0.39, 0.29) is 0 Å². The minimum absolute atomic E-state index is 0.741. The summed E-state index contributed by atoms with van der Waals surface area (Å²) in [5.41, 5.74) is 0.741. The molecule has 0 amide bonds. The quantitative estimate of drug-likeness (QED) is 0.625. The lowest BCUT2D eigenvalue weighted by molar-refractivity contribution is 0.296. The highest BCUT2D eigenvalue weighted by atomic mass is 32.2. The Morgan fingerprint density at radius 1 is 1.08 bits per heavy atom. The van der Waals surface area contributed by atoms with Crippen LogP contribution in [0, 0.1) is 5.41 Å². The number of hydrogen-bond donors (Lipinski definition) is 1. The van der Waals surface area contributed by atoms with Gasteiger partial charge in [-0.1, -0.05) is 13.8 Å².